The second kappa shape index (κ2) is 7.06. The normalized spacial score (nSPS) is 10.8. The van der Waals surface area contributed by atoms with E-state index in [1.807, 2.05) is 6.92 Å². The number of amides is 1. The lowest BCUT2D eigenvalue weighted by Gasteiger charge is -2.07. The van der Waals surface area contributed by atoms with E-state index in [-0.39, 0.29) is 5.91 Å². The number of ether oxygens (including phenoxy) is 1. The number of nitrogens with zero attached hydrogens (tertiary/aromatic N) is 1. The Hall–Kier alpha value is -1.36. The molecule has 1 heterocycles. The van der Waals surface area contributed by atoms with Crippen molar-refractivity contribution in [3.05, 3.63) is 17.5 Å². The van der Waals surface area contributed by atoms with Gasteiger partial charge in [-0.3, -0.25) is 9.89 Å². The zero-order chi connectivity index (χ0) is 12.7. The summed E-state index contributed by atoms with van der Waals surface area (Å²) >= 11 is 0. The molecule has 1 aromatic rings. The summed E-state index contributed by atoms with van der Waals surface area (Å²) in [5, 5.41) is 9.32. The van der Waals surface area contributed by atoms with E-state index >= 15 is 0 Å². The molecular weight excluding hydrogens is 218 g/mol. The second-order valence-corrected chi connectivity index (χ2v) is 4.46. The SMILES string of the molecule is Cc1[nH]ncc1C(=O)NCCOCCC(C)C. The van der Waals surface area contributed by atoms with E-state index in [1.165, 1.54) is 6.20 Å². The average molecular weight is 239 g/mol. The quantitative estimate of drug-likeness (QED) is 0.709. The Balaban J connectivity index is 2.11. The maximum absolute atomic E-state index is 11.6. The summed E-state index contributed by atoms with van der Waals surface area (Å²) in [6.45, 7) is 7.97. The van der Waals surface area contributed by atoms with Crippen molar-refractivity contribution < 1.29 is 9.53 Å². The first-order valence-electron chi connectivity index (χ1n) is 5.97. The summed E-state index contributed by atoms with van der Waals surface area (Å²) in [5.74, 6) is 0.543. The number of nitrogens with one attached hydrogen (secondary N) is 2. The predicted molar refractivity (Wildman–Crippen MR) is 65.9 cm³/mol. The summed E-state index contributed by atoms with van der Waals surface area (Å²) in [7, 11) is 0. The van der Waals surface area contributed by atoms with Crippen LogP contribution in [0.25, 0.3) is 0 Å². The molecule has 0 spiro atoms. The zero-order valence-corrected chi connectivity index (χ0v) is 10.7. The number of H-pyrrole nitrogens is 1. The maximum atomic E-state index is 11.6. The van der Waals surface area contributed by atoms with Gasteiger partial charge in [0, 0.05) is 18.8 Å². The third-order valence-electron chi connectivity index (χ3n) is 2.45. The van der Waals surface area contributed by atoms with Crippen LogP contribution in [-0.2, 0) is 4.74 Å². The Morgan fingerprint density at radius 2 is 2.29 bits per heavy atom. The lowest BCUT2D eigenvalue weighted by molar-refractivity contribution is 0.0905. The Labute approximate surface area is 102 Å². The number of carbonyl (C=O) groups is 1. The summed E-state index contributed by atoms with van der Waals surface area (Å²) in [5.41, 5.74) is 1.37. The van der Waals surface area contributed by atoms with Crippen LogP contribution in [0, 0.1) is 12.8 Å². The van der Waals surface area contributed by atoms with Crippen LogP contribution < -0.4 is 5.32 Å². The van der Waals surface area contributed by atoms with Gasteiger partial charge in [0.05, 0.1) is 18.4 Å². The molecule has 0 aliphatic rings. The summed E-state index contributed by atoms with van der Waals surface area (Å²) in [6, 6.07) is 0. The minimum absolute atomic E-state index is 0.108. The third-order valence-corrected chi connectivity index (χ3v) is 2.45. The molecule has 0 saturated heterocycles. The largest absolute Gasteiger partial charge is 0.380 e. The Kier molecular flexibility index (Phi) is 5.69. The zero-order valence-electron chi connectivity index (χ0n) is 10.7. The summed E-state index contributed by atoms with van der Waals surface area (Å²) in [6.07, 6.45) is 2.58. The molecule has 0 radical (unpaired) electrons. The molecule has 2 N–H and O–H groups in total. The second-order valence-electron chi connectivity index (χ2n) is 4.46. The molecule has 1 amide bonds. The van der Waals surface area contributed by atoms with Gasteiger partial charge in [-0.05, 0) is 19.3 Å². The van der Waals surface area contributed by atoms with E-state index in [0.29, 0.717) is 24.6 Å². The number of carbonyl (C=O) groups excluding carboxylic acids is 1. The Bertz CT molecular complexity index is 347. The van der Waals surface area contributed by atoms with Crippen LogP contribution in [0.15, 0.2) is 6.20 Å². The molecule has 0 unspecified atom stereocenters. The highest BCUT2D eigenvalue weighted by Gasteiger charge is 2.09. The van der Waals surface area contributed by atoms with Crippen molar-refractivity contribution in [3.63, 3.8) is 0 Å². The molecular formula is C12H21N3O2. The van der Waals surface area contributed by atoms with Gasteiger partial charge in [-0.1, -0.05) is 13.8 Å². The minimum atomic E-state index is -0.108. The van der Waals surface area contributed by atoms with E-state index < -0.39 is 0 Å². The van der Waals surface area contributed by atoms with E-state index in [1.54, 1.807) is 0 Å². The molecule has 1 aromatic heterocycles. The number of aryl methyl sites for hydroxylation is 1. The molecule has 17 heavy (non-hydrogen) atoms. The monoisotopic (exact) mass is 239 g/mol. The number of aromatic amines is 1. The first-order chi connectivity index (χ1) is 8.11. The highest BCUT2D eigenvalue weighted by atomic mass is 16.5. The minimum Gasteiger partial charge on any atom is -0.380 e. The van der Waals surface area contributed by atoms with Gasteiger partial charge < -0.3 is 10.1 Å². The first-order valence-corrected chi connectivity index (χ1v) is 5.97. The van der Waals surface area contributed by atoms with Crippen LogP contribution in [0.1, 0.15) is 36.3 Å². The molecule has 0 bridgehead atoms. The molecule has 5 heteroatoms. The van der Waals surface area contributed by atoms with Crippen molar-refractivity contribution in [3.8, 4) is 0 Å². The van der Waals surface area contributed by atoms with Crippen LogP contribution in [0.3, 0.4) is 0 Å². The van der Waals surface area contributed by atoms with Crippen molar-refractivity contribution in [2.45, 2.75) is 27.2 Å². The van der Waals surface area contributed by atoms with Crippen molar-refractivity contribution >= 4 is 5.91 Å². The van der Waals surface area contributed by atoms with Gasteiger partial charge in [-0.2, -0.15) is 5.10 Å². The molecule has 1 rings (SSSR count). The third kappa shape index (κ3) is 4.99. The standard InChI is InChI=1S/C12H21N3O2/c1-9(2)4-6-17-7-5-13-12(16)11-8-14-15-10(11)3/h8-9H,4-7H2,1-3H3,(H,13,16)(H,14,15). The molecule has 0 saturated carbocycles. The van der Waals surface area contributed by atoms with Crippen LogP contribution in [0.4, 0.5) is 0 Å². The fourth-order valence-electron chi connectivity index (χ4n) is 1.33. The number of rotatable bonds is 7. The van der Waals surface area contributed by atoms with Crippen LogP contribution in [0.5, 0.6) is 0 Å². The Morgan fingerprint density at radius 3 is 2.88 bits per heavy atom. The predicted octanol–water partition coefficient (Wildman–Crippen LogP) is 1.51. The van der Waals surface area contributed by atoms with Crippen molar-refractivity contribution in [1.29, 1.82) is 0 Å². The maximum Gasteiger partial charge on any atom is 0.254 e. The van der Waals surface area contributed by atoms with Gasteiger partial charge in [0.2, 0.25) is 0 Å². The fraction of sp³-hybridized carbons (Fsp3) is 0.667. The smallest absolute Gasteiger partial charge is 0.254 e. The van der Waals surface area contributed by atoms with Crippen LogP contribution >= 0.6 is 0 Å². The molecule has 0 aliphatic carbocycles. The average Bonchev–Trinajstić information content (AvgIpc) is 2.69. The van der Waals surface area contributed by atoms with E-state index in [4.69, 9.17) is 4.74 Å². The highest BCUT2D eigenvalue weighted by Crippen LogP contribution is 2.01. The van der Waals surface area contributed by atoms with Crippen molar-refractivity contribution in [2.75, 3.05) is 19.8 Å². The van der Waals surface area contributed by atoms with Gasteiger partial charge in [-0.15, -0.1) is 0 Å². The molecule has 0 aromatic carbocycles. The molecule has 0 fully saturated rings. The van der Waals surface area contributed by atoms with Gasteiger partial charge in [0.15, 0.2) is 0 Å². The van der Waals surface area contributed by atoms with Crippen molar-refractivity contribution in [1.82, 2.24) is 15.5 Å². The van der Waals surface area contributed by atoms with Gasteiger partial charge in [0.25, 0.3) is 5.91 Å². The molecule has 96 valence electrons. The lowest BCUT2D eigenvalue weighted by atomic mass is 10.1. The number of hydrogen-bond acceptors (Lipinski definition) is 3. The van der Waals surface area contributed by atoms with E-state index in [2.05, 4.69) is 29.4 Å². The van der Waals surface area contributed by atoms with Crippen LogP contribution in [-0.4, -0.2) is 35.9 Å². The topological polar surface area (TPSA) is 67.0 Å². The first kappa shape index (κ1) is 13.7. The lowest BCUT2D eigenvalue weighted by Crippen LogP contribution is -2.27. The van der Waals surface area contributed by atoms with E-state index in [0.717, 1.165) is 18.7 Å². The summed E-state index contributed by atoms with van der Waals surface area (Å²) in [4.78, 5) is 11.6. The molecule has 0 aliphatic heterocycles. The van der Waals surface area contributed by atoms with Gasteiger partial charge in [0.1, 0.15) is 0 Å². The van der Waals surface area contributed by atoms with Crippen LogP contribution in [0.2, 0.25) is 0 Å². The van der Waals surface area contributed by atoms with Gasteiger partial charge in [-0.25, -0.2) is 0 Å². The molecule has 5 nitrogen and oxygen atoms in total. The highest BCUT2D eigenvalue weighted by molar-refractivity contribution is 5.94. The Morgan fingerprint density at radius 1 is 1.53 bits per heavy atom. The van der Waals surface area contributed by atoms with Gasteiger partial charge >= 0.3 is 0 Å². The number of hydrogen-bond donors (Lipinski definition) is 2. The molecule has 0 atom stereocenters. The van der Waals surface area contributed by atoms with Crippen molar-refractivity contribution in [2.24, 2.45) is 5.92 Å². The van der Waals surface area contributed by atoms with E-state index in [9.17, 15) is 4.79 Å². The number of aromatic nitrogens is 2. The summed E-state index contributed by atoms with van der Waals surface area (Å²) < 4.78 is 5.40. The fourth-order valence-corrected chi connectivity index (χ4v) is 1.33.